The predicted molar refractivity (Wildman–Crippen MR) is 109 cm³/mol. The number of carbonyl (C=O) groups excluding carboxylic acids is 3. The third kappa shape index (κ3) is 7.14. The van der Waals surface area contributed by atoms with E-state index in [2.05, 4.69) is 10.6 Å². The van der Waals surface area contributed by atoms with Crippen LogP contribution in [0.5, 0.6) is 5.75 Å². The van der Waals surface area contributed by atoms with Crippen molar-refractivity contribution in [2.24, 2.45) is 0 Å². The van der Waals surface area contributed by atoms with Crippen molar-refractivity contribution in [3.63, 3.8) is 0 Å². The standard InChI is InChI=1S/C22H24N2O5/c1-16(25)29-14-8-13-23-22(27)19(15-17-9-4-3-5-10-17)24-21(26)18-11-6-7-12-20(18)28-2/h3-7,9-12,15H,8,13-14H2,1-2H3,(H,23,27)(H,24,26). The SMILES string of the molecule is COc1ccccc1C(=O)NC(=Cc1ccccc1)C(=O)NCCCOC(C)=O. The zero-order valence-corrected chi connectivity index (χ0v) is 16.4. The maximum atomic E-state index is 12.7. The van der Waals surface area contributed by atoms with Crippen molar-refractivity contribution >= 4 is 23.9 Å². The molecule has 0 bridgehead atoms. The lowest BCUT2D eigenvalue weighted by Gasteiger charge is -2.13. The molecule has 2 amide bonds. The summed E-state index contributed by atoms with van der Waals surface area (Å²) in [6.45, 7) is 1.83. The average Bonchev–Trinajstić information content (AvgIpc) is 2.73. The van der Waals surface area contributed by atoms with E-state index in [-0.39, 0.29) is 18.3 Å². The molecule has 2 rings (SSSR count). The highest BCUT2D eigenvalue weighted by Crippen LogP contribution is 2.17. The first-order valence-corrected chi connectivity index (χ1v) is 9.14. The number of esters is 1. The number of amides is 2. The molecule has 0 radical (unpaired) electrons. The highest BCUT2D eigenvalue weighted by Gasteiger charge is 2.17. The third-order valence-electron chi connectivity index (χ3n) is 3.87. The van der Waals surface area contributed by atoms with Crippen LogP contribution in [0, 0.1) is 0 Å². The largest absolute Gasteiger partial charge is 0.496 e. The van der Waals surface area contributed by atoms with Crippen LogP contribution in [0.25, 0.3) is 6.08 Å². The fourth-order valence-corrected chi connectivity index (χ4v) is 2.48. The molecule has 0 heterocycles. The number of hydrogen-bond acceptors (Lipinski definition) is 5. The van der Waals surface area contributed by atoms with E-state index < -0.39 is 11.8 Å². The summed E-state index contributed by atoms with van der Waals surface area (Å²) in [5.74, 6) is -0.865. The van der Waals surface area contributed by atoms with Crippen LogP contribution in [0.4, 0.5) is 0 Å². The van der Waals surface area contributed by atoms with E-state index in [1.165, 1.54) is 14.0 Å². The van der Waals surface area contributed by atoms with Gasteiger partial charge in [0.2, 0.25) is 0 Å². The number of ether oxygens (including phenoxy) is 2. The van der Waals surface area contributed by atoms with Gasteiger partial charge in [-0.2, -0.15) is 0 Å². The van der Waals surface area contributed by atoms with E-state index in [1.807, 2.05) is 30.3 Å². The number of benzene rings is 2. The minimum atomic E-state index is -0.459. The van der Waals surface area contributed by atoms with E-state index in [0.29, 0.717) is 24.3 Å². The summed E-state index contributed by atoms with van der Waals surface area (Å²) in [5, 5.41) is 5.38. The Balaban J connectivity index is 2.13. The molecule has 152 valence electrons. The molecule has 29 heavy (non-hydrogen) atoms. The summed E-state index contributed by atoms with van der Waals surface area (Å²) in [6, 6.07) is 15.9. The summed E-state index contributed by atoms with van der Waals surface area (Å²) < 4.78 is 10.1. The average molecular weight is 396 g/mol. The summed E-state index contributed by atoms with van der Waals surface area (Å²) in [7, 11) is 1.47. The molecular formula is C22H24N2O5. The first kappa shape index (κ1) is 21.7. The minimum absolute atomic E-state index is 0.0968. The summed E-state index contributed by atoms with van der Waals surface area (Å²) >= 11 is 0. The molecule has 2 aromatic carbocycles. The molecule has 0 saturated carbocycles. The van der Waals surface area contributed by atoms with Gasteiger partial charge in [-0.15, -0.1) is 0 Å². The first-order valence-electron chi connectivity index (χ1n) is 9.14. The third-order valence-corrected chi connectivity index (χ3v) is 3.87. The van der Waals surface area contributed by atoms with Crippen LogP contribution >= 0.6 is 0 Å². The fraction of sp³-hybridized carbons (Fsp3) is 0.227. The van der Waals surface area contributed by atoms with Crippen molar-refractivity contribution in [1.29, 1.82) is 0 Å². The van der Waals surface area contributed by atoms with Gasteiger partial charge in [-0.25, -0.2) is 0 Å². The van der Waals surface area contributed by atoms with Gasteiger partial charge in [0.1, 0.15) is 11.4 Å². The number of carbonyl (C=O) groups is 3. The van der Waals surface area contributed by atoms with Crippen LogP contribution in [-0.2, 0) is 14.3 Å². The number of methoxy groups -OCH3 is 1. The van der Waals surface area contributed by atoms with Gasteiger partial charge in [0.25, 0.3) is 11.8 Å². The van der Waals surface area contributed by atoms with Gasteiger partial charge in [-0.1, -0.05) is 42.5 Å². The molecule has 7 nitrogen and oxygen atoms in total. The molecular weight excluding hydrogens is 372 g/mol. The van der Waals surface area contributed by atoms with Gasteiger partial charge in [0, 0.05) is 13.5 Å². The smallest absolute Gasteiger partial charge is 0.302 e. The second-order valence-corrected chi connectivity index (χ2v) is 6.07. The van der Waals surface area contributed by atoms with Crippen LogP contribution < -0.4 is 15.4 Å². The van der Waals surface area contributed by atoms with Gasteiger partial charge in [0.15, 0.2) is 0 Å². The molecule has 0 spiro atoms. The Hall–Kier alpha value is -3.61. The minimum Gasteiger partial charge on any atom is -0.496 e. The van der Waals surface area contributed by atoms with Gasteiger partial charge in [-0.05, 0) is 30.2 Å². The van der Waals surface area contributed by atoms with Gasteiger partial charge < -0.3 is 20.1 Å². The Labute approximate surface area is 169 Å². The first-order chi connectivity index (χ1) is 14.0. The van der Waals surface area contributed by atoms with Crippen molar-refractivity contribution in [2.75, 3.05) is 20.3 Å². The number of rotatable bonds is 9. The summed E-state index contributed by atoms with van der Waals surface area (Å²) in [6.07, 6.45) is 2.05. The van der Waals surface area contributed by atoms with Crippen molar-refractivity contribution in [1.82, 2.24) is 10.6 Å². The molecule has 0 aromatic heterocycles. The Morgan fingerprint density at radius 2 is 1.69 bits per heavy atom. The molecule has 0 fully saturated rings. The molecule has 0 atom stereocenters. The molecule has 7 heteroatoms. The molecule has 0 aliphatic heterocycles. The topological polar surface area (TPSA) is 93.7 Å². The Kier molecular flexibility index (Phi) is 8.44. The number of para-hydroxylation sites is 1. The lowest BCUT2D eigenvalue weighted by Crippen LogP contribution is -2.35. The maximum Gasteiger partial charge on any atom is 0.302 e. The summed E-state index contributed by atoms with van der Waals surface area (Å²) in [5.41, 5.74) is 1.18. The van der Waals surface area contributed by atoms with Crippen LogP contribution in [0.2, 0.25) is 0 Å². The molecule has 2 aromatic rings. The monoisotopic (exact) mass is 396 g/mol. The van der Waals surface area contributed by atoms with Crippen molar-refractivity contribution < 1.29 is 23.9 Å². The van der Waals surface area contributed by atoms with Crippen LogP contribution in [0.15, 0.2) is 60.3 Å². The molecule has 0 aliphatic carbocycles. The molecule has 2 N–H and O–H groups in total. The Morgan fingerprint density at radius 1 is 1.00 bits per heavy atom. The Morgan fingerprint density at radius 3 is 2.38 bits per heavy atom. The quantitative estimate of drug-likeness (QED) is 0.386. The number of hydrogen-bond donors (Lipinski definition) is 2. The zero-order chi connectivity index (χ0) is 21.1. The van der Waals surface area contributed by atoms with E-state index in [9.17, 15) is 14.4 Å². The zero-order valence-electron chi connectivity index (χ0n) is 16.4. The highest BCUT2D eigenvalue weighted by atomic mass is 16.5. The maximum absolute atomic E-state index is 12.7. The lowest BCUT2D eigenvalue weighted by molar-refractivity contribution is -0.141. The van der Waals surface area contributed by atoms with Gasteiger partial charge in [0.05, 0.1) is 19.3 Å². The lowest BCUT2D eigenvalue weighted by atomic mass is 10.1. The number of nitrogens with one attached hydrogen (secondary N) is 2. The van der Waals surface area contributed by atoms with E-state index in [1.54, 1.807) is 30.3 Å². The van der Waals surface area contributed by atoms with Crippen molar-refractivity contribution in [2.45, 2.75) is 13.3 Å². The van der Waals surface area contributed by atoms with Gasteiger partial charge in [-0.3, -0.25) is 14.4 Å². The van der Waals surface area contributed by atoms with Gasteiger partial charge >= 0.3 is 5.97 Å². The summed E-state index contributed by atoms with van der Waals surface area (Å²) in [4.78, 5) is 36.1. The van der Waals surface area contributed by atoms with Crippen LogP contribution in [0.3, 0.4) is 0 Å². The Bertz CT molecular complexity index is 878. The van der Waals surface area contributed by atoms with E-state index >= 15 is 0 Å². The fourth-order valence-electron chi connectivity index (χ4n) is 2.48. The van der Waals surface area contributed by atoms with E-state index in [4.69, 9.17) is 9.47 Å². The van der Waals surface area contributed by atoms with Crippen LogP contribution in [0.1, 0.15) is 29.3 Å². The van der Waals surface area contributed by atoms with Crippen molar-refractivity contribution in [3.8, 4) is 5.75 Å². The van der Waals surface area contributed by atoms with Crippen molar-refractivity contribution in [3.05, 3.63) is 71.4 Å². The second kappa shape index (κ2) is 11.3. The normalized spacial score (nSPS) is 10.8. The highest BCUT2D eigenvalue weighted by molar-refractivity contribution is 6.06. The molecule has 0 saturated heterocycles. The van der Waals surface area contributed by atoms with E-state index in [0.717, 1.165) is 5.56 Å². The second-order valence-electron chi connectivity index (χ2n) is 6.07. The molecule has 0 unspecified atom stereocenters. The predicted octanol–water partition coefficient (Wildman–Crippen LogP) is 2.54. The molecule has 0 aliphatic rings. The van der Waals surface area contributed by atoms with Crippen LogP contribution in [-0.4, -0.2) is 38.0 Å².